The van der Waals surface area contributed by atoms with E-state index in [1.165, 1.54) is 0 Å². The van der Waals surface area contributed by atoms with Gasteiger partial charge in [0.2, 0.25) is 5.91 Å². The number of benzene rings is 1. The zero-order chi connectivity index (χ0) is 15.5. The molecule has 2 N–H and O–H groups in total. The van der Waals surface area contributed by atoms with Crippen LogP contribution < -0.4 is 5.73 Å². The van der Waals surface area contributed by atoms with Crippen molar-refractivity contribution in [3.05, 3.63) is 39.4 Å². The van der Waals surface area contributed by atoms with Gasteiger partial charge >= 0.3 is 0 Å². The van der Waals surface area contributed by atoms with Crippen LogP contribution in [0.5, 0.6) is 0 Å². The number of carbonyl (C=O) groups excluding carboxylic acids is 1. The van der Waals surface area contributed by atoms with Crippen molar-refractivity contribution in [3.63, 3.8) is 0 Å². The van der Waals surface area contributed by atoms with Crippen LogP contribution in [0.25, 0.3) is 5.57 Å². The first kappa shape index (κ1) is 8.76. The maximum atomic E-state index is 11.8. The van der Waals surface area contributed by atoms with E-state index in [1.54, 1.807) is 0 Å². The van der Waals surface area contributed by atoms with Gasteiger partial charge in [0.25, 0.3) is 0 Å². The first-order valence-electron chi connectivity index (χ1n) is 7.54. The lowest BCUT2D eigenvalue weighted by atomic mass is 9.82. The normalized spacial score (nSPS) is 27.0. The van der Waals surface area contributed by atoms with Crippen molar-refractivity contribution in [2.45, 2.75) is 32.6 Å². The highest BCUT2D eigenvalue weighted by molar-refractivity contribution is 6.31. The summed E-state index contributed by atoms with van der Waals surface area (Å²) in [5, 5.41) is 0.423. The molecule has 0 saturated carbocycles. The molecule has 0 radical (unpaired) electrons. The van der Waals surface area contributed by atoms with Gasteiger partial charge < -0.3 is 5.73 Å². The van der Waals surface area contributed by atoms with Gasteiger partial charge in [-0.1, -0.05) is 17.7 Å². The maximum Gasteiger partial charge on any atom is 0.224 e. The smallest absolute Gasteiger partial charge is 0.224 e. The lowest BCUT2D eigenvalue weighted by Gasteiger charge is -2.22. The highest BCUT2D eigenvalue weighted by atomic mass is 35.5. The average Bonchev–Trinajstić information content (AvgIpc) is 2.71. The molecule has 0 bridgehead atoms. The van der Waals surface area contributed by atoms with Gasteiger partial charge in [0.05, 0.1) is 7.29 Å². The Bertz CT molecular complexity index is 697. The van der Waals surface area contributed by atoms with E-state index in [1.807, 2.05) is 13.0 Å². The second-order valence-electron chi connectivity index (χ2n) is 4.89. The van der Waals surface area contributed by atoms with Crippen LogP contribution in [0.2, 0.25) is 5.02 Å². The topological polar surface area (TPSA) is 43.1 Å². The van der Waals surface area contributed by atoms with Crippen LogP contribution in [-0.2, 0) is 11.2 Å². The molecule has 0 aromatic heterocycles. The second-order valence-corrected chi connectivity index (χ2v) is 5.26. The van der Waals surface area contributed by atoms with Crippen LogP contribution in [0.1, 0.15) is 40.0 Å². The van der Waals surface area contributed by atoms with Crippen LogP contribution in [-0.4, -0.2) is 5.91 Å². The summed E-state index contributed by atoms with van der Waals surface area (Å²) < 4.78 is 24.4. The van der Waals surface area contributed by atoms with Crippen LogP contribution >= 0.6 is 11.6 Å². The summed E-state index contributed by atoms with van der Waals surface area (Å²) in [6.07, 6.45) is -0.371. The summed E-state index contributed by atoms with van der Waals surface area (Å²) in [4.78, 5) is 11.8. The Balaban J connectivity index is 2.20. The quantitative estimate of drug-likeness (QED) is 0.831. The van der Waals surface area contributed by atoms with Crippen LogP contribution in [0.3, 0.4) is 0 Å². The van der Waals surface area contributed by atoms with Gasteiger partial charge in [0.15, 0.2) is 0 Å². The number of carbonyl (C=O) groups is 1. The molecule has 3 heteroatoms. The molecule has 1 atom stereocenters. The number of rotatable bonds is 1. The fourth-order valence-electron chi connectivity index (χ4n) is 2.87. The van der Waals surface area contributed by atoms with E-state index in [-0.39, 0.29) is 12.5 Å². The number of halogens is 1. The minimum atomic E-state index is -1.62. The zero-order valence-corrected chi connectivity index (χ0v) is 10.9. The van der Waals surface area contributed by atoms with E-state index < -0.39 is 18.2 Å². The number of aryl methyl sites for hydroxylation is 1. The van der Waals surface area contributed by atoms with E-state index in [9.17, 15) is 4.79 Å². The molecule has 2 aliphatic rings. The van der Waals surface area contributed by atoms with Crippen molar-refractivity contribution in [2.75, 3.05) is 0 Å². The molecule has 0 fully saturated rings. The molecule has 1 unspecified atom stereocenters. The van der Waals surface area contributed by atoms with Crippen LogP contribution in [0.4, 0.5) is 0 Å². The van der Waals surface area contributed by atoms with Crippen molar-refractivity contribution in [1.29, 1.82) is 0 Å². The van der Waals surface area contributed by atoms with Crippen molar-refractivity contribution < 1.29 is 8.91 Å². The molecular formula is C15H16ClNO. The molecule has 1 aromatic rings. The fraction of sp³-hybridized carbons (Fsp3) is 0.400. The second kappa shape index (κ2) is 4.13. The first-order valence-corrected chi connectivity index (χ1v) is 6.42. The number of fused-ring (bicyclic) bond motifs is 2. The third-order valence-electron chi connectivity index (χ3n) is 3.72. The lowest BCUT2D eigenvalue weighted by molar-refractivity contribution is -0.121. The third kappa shape index (κ3) is 1.67. The Kier molecular flexibility index (Phi) is 2.01. The summed E-state index contributed by atoms with van der Waals surface area (Å²) in [5.74, 6) is -1.54. The predicted molar refractivity (Wildman–Crippen MR) is 73.3 cm³/mol. The van der Waals surface area contributed by atoms with E-state index in [4.69, 9.17) is 21.4 Å². The summed E-state index contributed by atoms with van der Waals surface area (Å²) in [6.45, 7) is 1.85. The van der Waals surface area contributed by atoms with Crippen LogP contribution in [0, 0.1) is 12.8 Å². The molecule has 3 rings (SSSR count). The molecule has 2 nitrogen and oxygen atoms in total. The van der Waals surface area contributed by atoms with E-state index in [0.717, 1.165) is 27.8 Å². The summed E-state index contributed by atoms with van der Waals surface area (Å²) in [5.41, 5.74) is 9.65. The molecule has 94 valence electrons. The SMILES string of the molecule is [2H]c1c(Cl)c(C)cc2c1C1=C(C2)C(C(N)=O)C([2H])([2H])CC1. The standard InChI is InChI=1S/C15H16ClNO/c1-8-5-9-6-13-10(12(9)7-14(8)16)3-2-4-11(13)15(17)18/h5,7,11H,2-4,6H2,1H3,(H2,17,18)/i4D2,7D. The summed E-state index contributed by atoms with van der Waals surface area (Å²) in [7, 11) is 0. The number of hydrogen-bond acceptors (Lipinski definition) is 1. The minimum absolute atomic E-state index is 0.240. The number of primary amides is 1. The van der Waals surface area contributed by atoms with Gasteiger partial charge in [-0.25, -0.2) is 0 Å². The van der Waals surface area contributed by atoms with Gasteiger partial charge in [-0.15, -0.1) is 0 Å². The predicted octanol–water partition coefficient (Wildman–Crippen LogP) is 3.24. The molecule has 0 aliphatic heterocycles. The molecule has 1 amide bonds. The van der Waals surface area contributed by atoms with Crippen molar-refractivity contribution in [3.8, 4) is 0 Å². The van der Waals surface area contributed by atoms with Gasteiger partial charge in [-0.05, 0) is 66.4 Å². The maximum absolute atomic E-state index is 11.8. The molecule has 0 saturated heterocycles. The monoisotopic (exact) mass is 264 g/mol. The summed E-state index contributed by atoms with van der Waals surface area (Å²) in [6, 6.07) is 2.21. The van der Waals surface area contributed by atoms with Gasteiger partial charge in [-0.3, -0.25) is 4.79 Å². The molecular weight excluding hydrogens is 246 g/mol. The number of hydrogen-bond donors (Lipinski definition) is 1. The Hall–Kier alpha value is -1.28. The van der Waals surface area contributed by atoms with Crippen molar-refractivity contribution in [1.82, 2.24) is 0 Å². The fourth-order valence-corrected chi connectivity index (χ4v) is 3.01. The molecule has 0 heterocycles. The Morgan fingerprint density at radius 2 is 2.44 bits per heavy atom. The van der Waals surface area contributed by atoms with Crippen LogP contribution in [0.15, 0.2) is 17.7 Å². The van der Waals surface area contributed by atoms with E-state index in [2.05, 4.69) is 0 Å². The molecule has 1 aromatic carbocycles. The van der Waals surface area contributed by atoms with Gasteiger partial charge in [-0.2, -0.15) is 0 Å². The summed E-state index contributed by atoms with van der Waals surface area (Å²) >= 11 is 6.17. The van der Waals surface area contributed by atoms with Gasteiger partial charge in [0.1, 0.15) is 0 Å². The average molecular weight is 265 g/mol. The Morgan fingerprint density at radius 3 is 3.17 bits per heavy atom. The number of allylic oxidation sites excluding steroid dienone is 1. The highest BCUT2D eigenvalue weighted by Crippen LogP contribution is 2.45. The molecule has 2 aliphatic carbocycles. The van der Waals surface area contributed by atoms with Crippen molar-refractivity contribution in [2.24, 2.45) is 11.7 Å². The lowest BCUT2D eigenvalue weighted by Crippen LogP contribution is -2.27. The molecule has 18 heavy (non-hydrogen) atoms. The zero-order valence-electron chi connectivity index (χ0n) is 13.1. The third-order valence-corrected chi connectivity index (χ3v) is 4.11. The first-order chi connectivity index (χ1) is 9.74. The highest BCUT2D eigenvalue weighted by Gasteiger charge is 2.33. The largest absolute Gasteiger partial charge is 0.369 e. The Labute approximate surface area is 116 Å². The molecule has 0 spiro atoms. The van der Waals surface area contributed by atoms with Gasteiger partial charge in [0, 0.05) is 7.76 Å². The number of amides is 1. The van der Waals surface area contributed by atoms with Crippen molar-refractivity contribution >= 4 is 23.1 Å². The van der Waals surface area contributed by atoms with E-state index in [0.29, 0.717) is 17.9 Å². The van der Waals surface area contributed by atoms with E-state index >= 15 is 0 Å². The minimum Gasteiger partial charge on any atom is -0.369 e. The Morgan fingerprint density at radius 1 is 1.67 bits per heavy atom. The number of nitrogens with two attached hydrogens (primary N) is 1.